The zero-order valence-corrected chi connectivity index (χ0v) is 39.5. The van der Waals surface area contributed by atoms with Crippen LogP contribution in [0.5, 0.6) is 0 Å². The van der Waals surface area contributed by atoms with Gasteiger partial charge in [-0.1, -0.05) is 48.9 Å². The molecule has 362 valence electrons. The zero-order chi connectivity index (χ0) is 49.0. The average Bonchev–Trinajstić information content (AvgIpc) is 3.69. The summed E-state index contributed by atoms with van der Waals surface area (Å²) in [4.78, 5) is 83.0. The number of alkyl halides is 1. The van der Waals surface area contributed by atoms with Crippen LogP contribution >= 0.6 is 0 Å². The molecule has 3 saturated carbocycles. The predicted molar refractivity (Wildman–Crippen MR) is 245 cm³/mol. The maximum atomic E-state index is 17.8. The minimum absolute atomic E-state index is 0.0705. The number of nitrogens with zero attached hydrogens (tertiary/aromatic N) is 1. The molecule has 8 rings (SSSR count). The summed E-state index contributed by atoms with van der Waals surface area (Å²) in [6.07, 6.45) is 5.02. The van der Waals surface area contributed by atoms with E-state index in [0.717, 1.165) is 10.8 Å². The number of anilines is 1. The molecule has 5 aliphatic rings. The monoisotopic (exact) mass is 937 g/mol. The van der Waals surface area contributed by atoms with Crippen molar-refractivity contribution in [2.45, 2.75) is 134 Å². The number of hydrogen-bond donors (Lipinski definition) is 3. The molecule has 15 nitrogen and oxygen atoms in total. The van der Waals surface area contributed by atoms with Crippen molar-refractivity contribution in [1.82, 2.24) is 10.3 Å². The van der Waals surface area contributed by atoms with Crippen LogP contribution in [0.25, 0.3) is 10.8 Å². The first-order chi connectivity index (χ1) is 32.0. The number of amides is 2. The number of hydrogen-bond acceptors (Lipinski definition) is 13. The number of esters is 2. The van der Waals surface area contributed by atoms with Crippen LogP contribution in [-0.2, 0) is 54.3 Å². The normalized spacial score (nSPS) is 30.4. The van der Waals surface area contributed by atoms with Crippen molar-refractivity contribution in [3.8, 4) is 0 Å². The number of nitrogens with one attached hydrogen (secondary N) is 2. The Bertz CT molecular complexity index is 2590. The lowest BCUT2D eigenvalue weighted by Crippen LogP contribution is -2.70. The summed E-state index contributed by atoms with van der Waals surface area (Å²) in [5, 5.41) is 19.3. The number of aliphatic hydroxyl groups is 1. The molecule has 2 heterocycles. The van der Waals surface area contributed by atoms with E-state index in [1.54, 1.807) is 90.3 Å². The molecule has 16 heteroatoms. The first kappa shape index (κ1) is 48.6. The highest BCUT2D eigenvalue weighted by molar-refractivity contribution is 6.01. The van der Waals surface area contributed by atoms with E-state index in [9.17, 15) is 33.9 Å². The van der Waals surface area contributed by atoms with Gasteiger partial charge in [0.25, 0.3) is 0 Å². The summed E-state index contributed by atoms with van der Waals surface area (Å²) in [5.41, 5.74) is -4.48. The lowest BCUT2D eigenvalue weighted by molar-refractivity contribution is -0.246. The molecule has 4 fully saturated rings. The molecule has 0 unspecified atom stereocenters. The van der Waals surface area contributed by atoms with Gasteiger partial charge in [-0.05, 0) is 120 Å². The van der Waals surface area contributed by atoms with Crippen LogP contribution in [0.15, 0.2) is 84.7 Å². The number of benzene rings is 2. The fourth-order valence-electron chi connectivity index (χ4n) is 11.7. The third-order valence-corrected chi connectivity index (χ3v) is 14.8. The second-order valence-corrected chi connectivity index (χ2v) is 20.7. The highest BCUT2D eigenvalue weighted by Crippen LogP contribution is 2.72. The van der Waals surface area contributed by atoms with Gasteiger partial charge < -0.3 is 39.4 Å². The van der Waals surface area contributed by atoms with Crippen LogP contribution in [0.2, 0.25) is 0 Å². The second kappa shape index (κ2) is 17.9. The molecule has 1 aliphatic heterocycles. The average molecular weight is 938 g/mol. The van der Waals surface area contributed by atoms with Crippen molar-refractivity contribution < 1.29 is 61.9 Å². The Morgan fingerprint density at radius 3 is 2.40 bits per heavy atom. The van der Waals surface area contributed by atoms with Crippen molar-refractivity contribution >= 4 is 52.0 Å². The van der Waals surface area contributed by atoms with E-state index in [1.165, 1.54) is 12.2 Å². The van der Waals surface area contributed by atoms with Crippen molar-refractivity contribution in [1.29, 1.82) is 0 Å². The quantitative estimate of drug-likeness (QED) is 0.114. The van der Waals surface area contributed by atoms with E-state index in [1.807, 2.05) is 25.1 Å². The van der Waals surface area contributed by atoms with Gasteiger partial charge in [-0.3, -0.25) is 29.0 Å². The fraction of sp³-hybridized carbons (Fsp3) is 0.519. The maximum absolute atomic E-state index is 17.8. The number of carbonyl (C=O) groups is 6. The first-order valence-corrected chi connectivity index (χ1v) is 23.2. The Labute approximate surface area is 394 Å². The number of ketones is 2. The summed E-state index contributed by atoms with van der Waals surface area (Å²) < 4.78 is 46.9. The third-order valence-electron chi connectivity index (χ3n) is 14.8. The summed E-state index contributed by atoms with van der Waals surface area (Å²) in [7, 11) is 0. The Kier molecular flexibility index (Phi) is 12.8. The molecule has 3 N–H and O–H groups in total. The van der Waals surface area contributed by atoms with E-state index < -0.39 is 93.9 Å². The smallest absolute Gasteiger partial charge is 0.407 e. The maximum Gasteiger partial charge on any atom is 0.407 e. The van der Waals surface area contributed by atoms with E-state index >= 15 is 4.39 Å². The number of aliphatic hydroxyl groups excluding tert-OH is 1. The highest BCUT2D eigenvalue weighted by Gasteiger charge is 2.80. The number of aromatic nitrogens is 1. The number of ether oxygens (including phenoxy) is 5. The molecule has 4 aliphatic carbocycles. The summed E-state index contributed by atoms with van der Waals surface area (Å²) >= 11 is 0. The summed E-state index contributed by atoms with van der Waals surface area (Å²) in [6, 6.07) is 14.0. The van der Waals surface area contributed by atoms with Crippen LogP contribution in [0, 0.1) is 22.7 Å². The minimum Gasteiger partial charge on any atom is -0.461 e. The molecule has 0 spiro atoms. The van der Waals surface area contributed by atoms with Gasteiger partial charge in [0.15, 0.2) is 29.4 Å². The fourth-order valence-corrected chi connectivity index (χ4v) is 11.7. The summed E-state index contributed by atoms with van der Waals surface area (Å²) in [5.74, 6) is -5.85. The second-order valence-electron chi connectivity index (χ2n) is 20.7. The van der Waals surface area contributed by atoms with Gasteiger partial charge in [0, 0.05) is 46.8 Å². The van der Waals surface area contributed by atoms with Gasteiger partial charge in [-0.25, -0.2) is 9.18 Å². The summed E-state index contributed by atoms with van der Waals surface area (Å²) in [6.45, 7) is 11.2. The van der Waals surface area contributed by atoms with E-state index in [-0.39, 0.29) is 50.5 Å². The van der Waals surface area contributed by atoms with Gasteiger partial charge in [-0.15, -0.1) is 0 Å². The highest BCUT2D eigenvalue weighted by atomic mass is 19.1. The van der Waals surface area contributed by atoms with E-state index in [4.69, 9.17) is 23.7 Å². The Hall–Kier alpha value is -5.84. The molecule has 9 atom stereocenters. The molecular weight excluding hydrogens is 878 g/mol. The van der Waals surface area contributed by atoms with E-state index in [2.05, 4.69) is 15.6 Å². The predicted octanol–water partition coefficient (Wildman–Crippen LogP) is 7.29. The van der Waals surface area contributed by atoms with Crippen LogP contribution in [0.4, 0.5) is 14.9 Å². The number of halogens is 1. The molecule has 1 saturated heterocycles. The number of Topliss-reactive ketones (excluding diaryl/α,β-unsaturated/α-hetero) is 1. The third kappa shape index (κ3) is 8.86. The van der Waals surface area contributed by atoms with Crippen molar-refractivity contribution in [2.75, 3.05) is 18.5 Å². The lowest BCUT2D eigenvalue weighted by atomic mass is 9.44. The van der Waals surface area contributed by atoms with Gasteiger partial charge in [0.05, 0.1) is 31.0 Å². The number of rotatable bonds is 13. The molecule has 0 bridgehead atoms. The van der Waals surface area contributed by atoms with Crippen LogP contribution in [0.3, 0.4) is 0 Å². The topological polar surface area (TPSA) is 206 Å². The number of pyridine rings is 1. The Balaban J connectivity index is 0.865. The molecule has 2 amide bonds. The number of alkyl carbamates (subject to hydrolysis) is 1. The number of allylic oxidation sites excluding steroid dienone is 4. The van der Waals surface area contributed by atoms with Gasteiger partial charge in [-0.2, -0.15) is 0 Å². The minimum atomic E-state index is -2.12. The molecule has 1 aromatic heterocycles. The van der Waals surface area contributed by atoms with Crippen molar-refractivity contribution in [3.05, 3.63) is 95.9 Å². The largest absolute Gasteiger partial charge is 0.461 e. The molecule has 2 aromatic carbocycles. The molecule has 3 aromatic rings. The molecule has 0 radical (unpaired) electrons. The SMILES string of the molecule is CC(C)(C)OC(=O)NC[C@@H](C(=O)Nc1ccc2cnccc2c1)c1ccc(COC(=O)CCC(=O)OCC(=O)[C@@]23OC(C)(C)O[C@@H]2C[C@H]2[C@@H]4CCC5=CC(=O)C=C[C@]5(C)[C@@]4(F)[C@@H](O)C[C@@]23C)cc1. The van der Waals surface area contributed by atoms with Gasteiger partial charge in [0.2, 0.25) is 11.7 Å². The van der Waals surface area contributed by atoms with Crippen LogP contribution in [-0.4, -0.2) is 93.6 Å². The number of fused-ring (bicyclic) bond motifs is 8. The number of carbonyl (C=O) groups excluding carboxylic acids is 6. The van der Waals surface area contributed by atoms with E-state index in [0.29, 0.717) is 35.2 Å². The molecule has 68 heavy (non-hydrogen) atoms. The van der Waals surface area contributed by atoms with Crippen LogP contribution in [0.1, 0.15) is 104 Å². The Morgan fingerprint density at radius 2 is 1.68 bits per heavy atom. The van der Waals surface area contributed by atoms with Crippen molar-refractivity contribution in [2.24, 2.45) is 22.7 Å². The van der Waals surface area contributed by atoms with Gasteiger partial charge >= 0.3 is 18.0 Å². The molecular formula is C52H60FN3O12. The Morgan fingerprint density at radius 1 is 0.956 bits per heavy atom. The first-order valence-electron chi connectivity index (χ1n) is 23.2. The standard InChI is InChI=1S/C52H60FN3O12/c1-47(2,3)67-46(63)55-27-37(45(62)56-35-14-12-33-26-54-21-19-32(33)22-35)31-10-8-30(9-11-31)28-64-43(60)16-17-44(61)65-29-41(59)52-42(66-48(4,5)68-52)24-39-38-15-13-34-23-36(57)18-20-49(34,6)51(38,53)40(58)25-50(39,52)7/h8-12,14,18-23,26,37-40,42,58H,13,15-17,24-25,27-29H2,1-7H3,(H,55,63)(H,56,62)/t37-,38+,39+,40+,42-,49+,50+,51+,52-/m1/s1. The van der Waals surface area contributed by atoms with Gasteiger partial charge in [0.1, 0.15) is 12.2 Å². The lowest BCUT2D eigenvalue weighted by Gasteiger charge is -2.62. The van der Waals surface area contributed by atoms with Crippen molar-refractivity contribution in [3.63, 3.8) is 0 Å². The zero-order valence-electron chi connectivity index (χ0n) is 39.5. The van der Waals surface area contributed by atoms with Crippen LogP contribution < -0.4 is 10.6 Å².